The molecular weight excluding hydrogens is 242 g/mol. The van der Waals surface area contributed by atoms with Gasteiger partial charge in [-0.1, -0.05) is 0 Å². The number of anilines is 1. The van der Waals surface area contributed by atoms with Crippen molar-refractivity contribution in [1.29, 1.82) is 0 Å². The lowest BCUT2D eigenvalue weighted by molar-refractivity contribution is 0.0966. The summed E-state index contributed by atoms with van der Waals surface area (Å²) >= 11 is 0. The van der Waals surface area contributed by atoms with Crippen LogP contribution in [0.25, 0.3) is 0 Å². The van der Waals surface area contributed by atoms with Crippen molar-refractivity contribution < 1.29 is 14.0 Å². The highest BCUT2D eigenvalue weighted by atomic mass is 16.3. The van der Waals surface area contributed by atoms with Crippen molar-refractivity contribution >= 4 is 17.4 Å². The summed E-state index contributed by atoms with van der Waals surface area (Å²) in [6.45, 7) is 0. The quantitative estimate of drug-likeness (QED) is 0.854. The van der Waals surface area contributed by atoms with Crippen molar-refractivity contribution in [1.82, 2.24) is 0 Å². The van der Waals surface area contributed by atoms with Gasteiger partial charge in [-0.2, -0.15) is 0 Å². The fourth-order valence-electron chi connectivity index (χ4n) is 1.90. The number of nitrogens with one attached hydrogen (secondary N) is 1. The number of Topliss-reactive ketones (excluding diaryl/α,β-unsaturated/α-hetero) is 1. The summed E-state index contributed by atoms with van der Waals surface area (Å²) in [4.78, 5) is 23.6. The fraction of sp³-hybridized carbons (Fsp3) is 0.200. The molecule has 1 amide bonds. The summed E-state index contributed by atoms with van der Waals surface area (Å²) in [6, 6.07) is 10.2. The van der Waals surface area contributed by atoms with Crippen LogP contribution in [-0.4, -0.2) is 11.7 Å². The predicted octanol–water partition coefficient (Wildman–Crippen LogP) is 3.12. The smallest absolute Gasteiger partial charge is 0.291 e. The number of hydrogen-bond acceptors (Lipinski definition) is 3. The minimum Gasteiger partial charge on any atom is -0.459 e. The summed E-state index contributed by atoms with van der Waals surface area (Å²) in [6.07, 6.45) is 3.44. The van der Waals surface area contributed by atoms with Crippen molar-refractivity contribution in [3.63, 3.8) is 0 Å². The van der Waals surface area contributed by atoms with Gasteiger partial charge in [-0.3, -0.25) is 9.59 Å². The third-order valence-corrected chi connectivity index (χ3v) is 3.12. The van der Waals surface area contributed by atoms with E-state index in [9.17, 15) is 9.59 Å². The molecule has 4 heteroatoms. The van der Waals surface area contributed by atoms with E-state index in [-0.39, 0.29) is 23.4 Å². The average molecular weight is 255 g/mol. The van der Waals surface area contributed by atoms with E-state index in [1.165, 1.54) is 6.26 Å². The first-order chi connectivity index (χ1) is 9.24. The molecule has 1 aromatic heterocycles. The van der Waals surface area contributed by atoms with E-state index in [0.29, 0.717) is 11.3 Å². The minimum atomic E-state index is -0.300. The Labute approximate surface area is 110 Å². The van der Waals surface area contributed by atoms with Crippen molar-refractivity contribution in [2.45, 2.75) is 12.8 Å². The Morgan fingerprint density at radius 3 is 2.42 bits per heavy atom. The Bertz CT molecular complexity index is 595. The molecule has 96 valence electrons. The van der Waals surface area contributed by atoms with Crippen molar-refractivity contribution in [3.05, 3.63) is 54.0 Å². The van der Waals surface area contributed by atoms with E-state index < -0.39 is 0 Å². The highest BCUT2D eigenvalue weighted by Gasteiger charge is 2.30. The molecule has 0 spiro atoms. The largest absolute Gasteiger partial charge is 0.459 e. The van der Waals surface area contributed by atoms with E-state index in [2.05, 4.69) is 5.32 Å². The Morgan fingerprint density at radius 1 is 1.11 bits per heavy atom. The number of benzene rings is 1. The topological polar surface area (TPSA) is 59.3 Å². The minimum absolute atomic E-state index is 0.198. The second kappa shape index (κ2) is 4.72. The number of ketones is 1. The van der Waals surface area contributed by atoms with Gasteiger partial charge < -0.3 is 9.73 Å². The fourth-order valence-corrected chi connectivity index (χ4v) is 1.90. The van der Waals surface area contributed by atoms with Gasteiger partial charge in [0.2, 0.25) is 0 Å². The Morgan fingerprint density at radius 2 is 1.84 bits per heavy atom. The standard InChI is InChI=1S/C15H13NO3/c17-14(10-3-4-10)11-5-7-12(8-6-11)16-15(18)13-2-1-9-19-13/h1-2,5-10H,3-4H2,(H,16,18). The second-order valence-corrected chi connectivity index (χ2v) is 4.65. The molecule has 1 aliphatic rings. The second-order valence-electron chi connectivity index (χ2n) is 4.65. The van der Waals surface area contributed by atoms with Crippen molar-refractivity contribution in [2.75, 3.05) is 5.32 Å². The molecule has 0 atom stereocenters. The summed E-state index contributed by atoms with van der Waals surface area (Å²) in [5.74, 6) is 0.372. The number of carbonyl (C=O) groups is 2. The molecule has 1 aromatic carbocycles. The molecule has 2 aromatic rings. The first kappa shape index (κ1) is 11.7. The van der Waals surface area contributed by atoms with E-state index in [1.54, 1.807) is 36.4 Å². The highest BCUT2D eigenvalue weighted by molar-refractivity contribution is 6.03. The first-order valence-corrected chi connectivity index (χ1v) is 6.23. The maximum atomic E-state index is 11.8. The molecular formula is C15H13NO3. The van der Waals surface area contributed by atoms with Crippen LogP contribution in [0.2, 0.25) is 0 Å². The van der Waals surface area contributed by atoms with Crippen LogP contribution in [0, 0.1) is 5.92 Å². The monoisotopic (exact) mass is 255 g/mol. The lowest BCUT2D eigenvalue weighted by Crippen LogP contribution is -2.11. The molecule has 19 heavy (non-hydrogen) atoms. The molecule has 1 saturated carbocycles. The number of carbonyl (C=O) groups excluding carboxylic acids is 2. The summed E-state index contributed by atoms with van der Waals surface area (Å²) < 4.78 is 5.00. The summed E-state index contributed by atoms with van der Waals surface area (Å²) in [5, 5.41) is 2.71. The van der Waals surface area contributed by atoms with Crippen LogP contribution in [-0.2, 0) is 0 Å². The van der Waals surface area contributed by atoms with E-state index in [0.717, 1.165) is 12.8 Å². The average Bonchev–Trinajstić information content (AvgIpc) is 3.13. The van der Waals surface area contributed by atoms with Crippen LogP contribution < -0.4 is 5.32 Å². The van der Waals surface area contributed by atoms with Crippen LogP contribution >= 0.6 is 0 Å². The molecule has 3 rings (SSSR count). The zero-order chi connectivity index (χ0) is 13.2. The third kappa shape index (κ3) is 2.57. The van der Waals surface area contributed by atoms with Gasteiger partial charge in [0.05, 0.1) is 6.26 Å². The zero-order valence-electron chi connectivity index (χ0n) is 10.3. The lowest BCUT2D eigenvalue weighted by Gasteiger charge is -2.04. The van der Waals surface area contributed by atoms with Gasteiger partial charge in [0.25, 0.3) is 5.91 Å². The van der Waals surface area contributed by atoms with Gasteiger partial charge in [0.15, 0.2) is 11.5 Å². The number of amides is 1. The molecule has 4 nitrogen and oxygen atoms in total. The van der Waals surface area contributed by atoms with Crippen LogP contribution in [0.3, 0.4) is 0 Å². The maximum absolute atomic E-state index is 11.8. The lowest BCUT2D eigenvalue weighted by atomic mass is 10.1. The van der Waals surface area contributed by atoms with E-state index in [4.69, 9.17) is 4.42 Å². The van der Waals surface area contributed by atoms with Crippen molar-refractivity contribution in [2.24, 2.45) is 5.92 Å². The van der Waals surface area contributed by atoms with Crippen LogP contribution in [0.4, 0.5) is 5.69 Å². The van der Waals surface area contributed by atoms with Gasteiger partial charge >= 0.3 is 0 Å². The molecule has 1 fully saturated rings. The zero-order valence-corrected chi connectivity index (χ0v) is 10.3. The molecule has 1 aliphatic carbocycles. The van der Waals surface area contributed by atoms with Crippen LogP contribution in [0.5, 0.6) is 0 Å². The van der Waals surface area contributed by atoms with Gasteiger partial charge in [0, 0.05) is 17.2 Å². The van der Waals surface area contributed by atoms with Gasteiger partial charge in [0.1, 0.15) is 0 Å². The number of hydrogen-bond donors (Lipinski definition) is 1. The Hall–Kier alpha value is -2.36. The van der Waals surface area contributed by atoms with Crippen LogP contribution in [0.15, 0.2) is 47.1 Å². The van der Waals surface area contributed by atoms with Gasteiger partial charge in [-0.15, -0.1) is 0 Å². The SMILES string of the molecule is O=C(Nc1ccc(C(=O)C2CC2)cc1)c1ccco1. The number of furan rings is 1. The molecule has 0 bridgehead atoms. The molecule has 1 N–H and O–H groups in total. The normalized spacial score (nSPS) is 14.1. The molecule has 0 unspecified atom stereocenters. The molecule has 0 aliphatic heterocycles. The Kier molecular flexibility index (Phi) is 2.91. The highest BCUT2D eigenvalue weighted by Crippen LogP contribution is 2.32. The Balaban J connectivity index is 1.69. The van der Waals surface area contributed by atoms with Gasteiger partial charge in [-0.05, 0) is 49.2 Å². The first-order valence-electron chi connectivity index (χ1n) is 6.23. The number of rotatable bonds is 4. The molecule has 0 saturated heterocycles. The third-order valence-electron chi connectivity index (χ3n) is 3.12. The van der Waals surface area contributed by atoms with Crippen LogP contribution in [0.1, 0.15) is 33.8 Å². The predicted molar refractivity (Wildman–Crippen MR) is 70.2 cm³/mol. The van der Waals surface area contributed by atoms with Crippen molar-refractivity contribution in [3.8, 4) is 0 Å². The van der Waals surface area contributed by atoms with E-state index in [1.807, 2.05) is 0 Å². The van der Waals surface area contributed by atoms with Gasteiger partial charge in [-0.25, -0.2) is 0 Å². The van der Waals surface area contributed by atoms with E-state index >= 15 is 0 Å². The summed E-state index contributed by atoms with van der Waals surface area (Å²) in [5.41, 5.74) is 1.35. The summed E-state index contributed by atoms with van der Waals surface area (Å²) in [7, 11) is 0. The maximum Gasteiger partial charge on any atom is 0.291 e. The molecule has 1 heterocycles. The molecule has 0 radical (unpaired) electrons.